The second-order valence-corrected chi connectivity index (χ2v) is 5.54. The maximum atomic E-state index is 11.5. The van der Waals surface area contributed by atoms with Gasteiger partial charge in [-0.3, -0.25) is 4.79 Å². The van der Waals surface area contributed by atoms with Gasteiger partial charge in [0.1, 0.15) is 5.69 Å². The number of halogens is 1. The molecule has 1 amide bonds. The zero-order chi connectivity index (χ0) is 13.5. The predicted octanol–water partition coefficient (Wildman–Crippen LogP) is 4.30. The molecule has 1 unspecified atom stereocenters. The summed E-state index contributed by atoms with van der Waals surface area (Å²) in [6.07, 6.45) is 6.81. The molecule has 0 aliphatic rings. The van der Waals surface area contributed by atoms with E-state index in [0.29, 0.717) is 11.6 Å². The molecule has 1 heterocycles. The molecule has 2 N–H and O–H groups in total. The molecule has 0 bridgehead atoms. The van der Waals surface area contributed by atoms with E-state index < -0.39 is 0 Å². The van der Waals surface area contributed by atoms with Crippen molar-refractivity contribution in [3.8, 4) is 0 Å². The molecule has 3 nitrogen and oxygen atoms in total. The number of rotatable bonds is 8. The molecule has 1 rings (SSSR count). The third kappa shape index (κ3) is 4.77. The third-order valence-corrected chi connectivity index (χ3v) is 4.42. The van der Waals surface area contributed by atoms with Crippen molar-refractivity contribution >= 4 is 29.8 Å². The Morgan fingerprint density at radius 1 is 1.32 bits per heavy atom. The molecule has 0 aliphatic carbocycles. The summed E-state index contributed by atoms with van der Waals surface area (Å²) in [5.41, 5.74) is 7.08. The summed E-state index contributed by atoms with van der Waals surface area (Å²) in [5, 5.41) is 0. The van der Waals surface area contributed by atoms with Gasteiger partial charge in [-0.15, -0.1) is 12.4 Å². The van der Waals surface area contributed by atoms with E-state index in [4.69, 9.17) is 5.73 Å². The number of carbonyl (C=O) groups is 1. The van der Waals surface area contributed by atoms with Crippen molar-refractivity contribution < 1.29 is 4.79 Å². The largest absolute Gasteiger partial charge is 0.364 e. The number of amides is 1. The van der Waals surface area contributed by atoms with Gasteiger partial charge in [-0.05, 0) is 36.7 Å². The van der Waals surface area contributed by atoms with Gasteiger partial charge in [-0.2, -0.15) is 4.37 Å². The topological polar surface area (TPSA) is 56.0 Å². The van der Waals surface area contributed by atoms with Crippen LogP contribution in [0.25, 0.3) is 0 Å². The van der Waals surface area contributed by atoms with Crippen molar-refractivity contribution in [1.82, 2.24) is 4.37 Å². The first-order chi connectivity index (χ1) is 8.65. The van der Waals surface area contributed by atoms with Crippen molar-refractivity contribution in [3.05, 3.63) is 16.1 Å². The lowest BCUT2D eigenvalue weighted by Gasteiger charge is -2.16. The molecular formula is C14H25ClN2OS. The molecule has 1 aromatic rings. The quantitative estimate of drug-likeness (QED) is 0.728. The molecule has 0 fully saturated rings. The van der Waals surface area contributed by atoms with E-state index in [1.54, 1.807) is 0 Å². The second-order valence-electron chi connectivity index (χ2n) is 4.69. The first-order valence-electron chi connectivity index (χ1n) is 6.93. The number of primary amides is 1. The smallest absolute Gasteiger partial charge is 0.268 e. The molecule has 0 saturated heterocycles. The molecule has 0 radical (unpaired) electrons. The molecule has 1 atom stereocenters. The average molecular weight is 305 g/mol. The summed E-state index contributed by atoms with van der Waals surface area (Å²) in [6.45, 7) is 6.50. The lowest BCUT2D eigenvalue weighted by Crippen LogP contribution is -2.16. The van der Waals surface area contributed by atoms with Crippen LogP contribution >= 0.6 is 23.9 Å². The van der Waals surface area contributed by atoms with Gasteiger partial charge in [0.05, 0.1) is 0 Å². The number of nitrogens with zero attached hydrogens (tertiary/aromatic N) is 1. The summed E-state index contributed by atoms with van der Waals surface area (Å²) >= 11 is 1.44. The number of nitrogens with two attached hydrogens (primary N) is 1. The van der Waals surface area contributed by atoms with Gasteiger partial charge in [-0.25, -0.2) is 0 Å². The van der Waals surface area contributed by atoms with Gasteiger partial charge in [-0.1, -0.05) is 40.0 Å². The Hall–Kier alpha value is -0.610. The van der Waals surface area contributed by atoms with Crippen molar-refractivity contribution in [2.45, 2.75) is 65.2 Å². The molecule has 0 spiro atoms. The van der Waals surface area contributed by atoms with Crippen LogP contribution in [0.2, 0.25) is 0 Å². The maximum Gasteiger partial charge on any atom is 0.268 e. The van der Waals surface area contributed by atoms with Gasteiger partial charge in [0.25, 0.3) is 5.91 Å². The van der Waals surface area contributed by atoms with E-state index in [9.17, 15) is 4.79 Å². The Morgan fingerprint density at radius 3 is 2.47 bits per heavy atom. The summed E-state index contributed by atoms with van der Waals surface area (Å²) < 4.78 is 4.25. The van der Waals surface area contributed by atoms with Gasteiger partial charge in [0.15, 0.2) is 0 Å². The van der Waals surface area contributed by atoms with E-state index in [-0.39, 0.29) is 18.3 Å². The van der Waals surface area contributed by atoms with Gasteiger partial charge in [0, 0.05) is 10.4 Å². The lowest BCUT2D eigenvalue weighted by atomic mass is 9.89. The minimum absolute atomic E-state index is 0. The predicted molar refractivity (Wildman–Crippen MR) is 84.4 cm³/mol. The van der Waals surface area contributed by atoms with E-state index in [1.807, 2.05) is 0 Å². The zero-order valence-electron chi connectivity index (χ0n) is 12.1. The van der Waals surface area contributed by atoms with Crippen LogP contribution < -0.4 is 5.73 Å². The molecule has 0 aromatic carbocycles. The number of unbranched alkanes of at least 4 members (excludes halogenated alkanes) is 2. The van der Waals surface area contributed by atoms with Crippen molar-refractivity contribution in [3.63, 3.8) is 0 Å². The molecule has 0 saturated carbocycles. The highest BCUT2D eigenvalue weighted by molar-refractivity contribution is 7.06. The average Bonchev–Trinajstić information content (AvgIpc) is 2.78. The summed E-state index contributed by atoms with van der Waals surface area (Å²) in [6, 6.07) is 0. The van der Waals surface area contributed by atoms with Crippen LogP contribution in [-0.2, 0) is 6.42 Å². The van der Waals surface area contributed by atoms with Crippen LogP contribution in [0.1, 0.15) is 79.7 Å². The number of aryl methyl sites for hydroxylation is 1. The molecule has 110 valence electrons. The highest BCUT2D eigenvalue weighted by Gasteiger charge is 2.23. The van der Waals surface area contributed by atoms with Crippen molar-refractivity contribution in [2.75, 3.05) is 0 Å². The Morgan fingerprint density at radius 2 is 2.00 bits per heavy atom. The van der Waals surface area contributed by atoms with Crippen LogP contribution in [0.3, 0.4) is 0 Å². The SMILES string of the molecule is CCCCCC(CC)c1c(C(N)=O)nsc1CC.Cl. The van der Waals surface area contributed by atoms with Crippen LogP contribution in [0.4, 0.5) is 0 Å². The first kappa shape index (κ1) is 18.4. The summed E-state index contributed by atoms with van der Waals surface area (Å²) in [7, 11) is 0. The minimum Gasteiger partial charge on any atom is -0.364 e. The maximum absolute atomic E-state index is 11.5. The fraction of sp³-hybridized carbons (Fsp3) is 0.714. The van der Waals surface area contributed by atoms with Crippen LogP contribution in [0, 0.1) is 0 Å². The highest BCUT2D eigenvalue weighted by atomic mass is 35.5. The summed E-state index contributed by atoms with van der Waals surface area (Å²) in [4.78, 5) is 12.7. The van der Waals surface area contributed by atoms with E-state index in [1.165, 1.54) is 35.7 Å². The van der Waals surface area contributed by atoms with Crippen LogP contribution in [0.15, 0.2) is 0 Å². The van der Waals surface area contributed by atoms with E-state index in [2.05, 4.69) is 25.1 Å². The van der Waals surface area contributed by atoms with Gasteiger partial charge >= 0.3 is 0 Å². The standard InChI is InChI=1S/C14H24N2OS.ClH/c1-4-7-8-9-10(5-2)12-11(6-3)18-16-13(12)14(15)17;/h10H,4-9H2,1-3H3,(H2,15,17);1H. The molecule has 19 heavy (non-hydrogen) atoms. The second kappa shape index (κ2) is 9.32. The number of carbonyl (C=O) groups excluding carboxylic acids is 1. The first-order valence-corrected chi connectivity index (χ1v) is 7.71. The fourth-order valence-electron chi connectivity index (χ4n) is 2.38. The molecule has 0 aliphatic heterocycles. The Bertz CT molecular complexity index is 393. The molecule has 1 aromatic heterocycles. The Balaban J connectivity index is 0.00000324. The number of hydrogen-bond donors (Lipinski definition) is 1. The van der Waals surface area contributed by atoms with Crippen LogP contribution in [0.5, 0.6) is 0 Å². The molecular weight excluding hydrogens is 280 g/mol. The number of hydrogen-bond acceptors (Lipinski definition) is 3. The zero-order valence-corrected chi connectivity index (χ0v) is 13.7. The fourth-order valence-corrected chi connectivity index (χ4v) is 3.26. The third-order valence-electron chi connectivity index (χ3n) is 3.41. The monoisotopic (exact) mass is 304 g/mol. The van der Waals surface area contributed by atoms with Gasteiger partial charge in [0.2, 0.25) is 0 Å². The Labute approximate surface area is 126 Å². The highest BCUT2D eigenvalue weighted by Crippen LogP contribution is 2.33. The minimum atomic E-state index is -0.380. The van der Waals surface area contributed by atoms with Gasteiger partial charge < -0.3 is 5.73 Å². The van der Waals surface area contributed by atoms with Crippen molar-refractivity contribution in [1.29, 1.82) is 0 Å². The number of aromatic nitrogens is 1. The normalized spacial score (nSPS) is 11.9. The van der Waals surface area contributed by atoms with Crippen molar-refractivity contribution in [2.24, 2.45) is 5.73 Å². The lowest BCUT2D eigenvalue weighted by molar-refractivity contribution is 0.0995. The van der Waals surface area contributed by atoms with E-state index in [0.717, 1.165) is 24.8 Å². The molecule has 5 heteroatoms. The van der Waals surface area contributed by atoms with Crippen LogP contribution in [-0.4, -0.2) is 10.3 Å². The van der Waals surface area contributed by atoms with E-state index >= 15 is 0 Å². The summed E-state index contributed by atoms with van der Waals surface area (Å²) in [5.74, 6) is 0.0580. The Kier molecular flexibility index (Phi) is 9.02.